The maximum absolute atomic E-state index is 12.0. The molecule has 1 fully saturated rings. The Labute approximate surface area is 140 Å². The van der Waals surface area contributed by atoms with Crippen molar-refractivity contribution in [3.05, 3.63) is 29.3 Å². The lowest BCUT2D eigenvalue weighted by molar-refractivity contribution is -0.128. The molecule has 6 heteroatoms. The molecule has 1 aromatic carbocycles. The summed E-state index contributed by atoms with van der Waals surface area (Å²) in [4.78, 5) is 26.5. The summed E-state index contributed by atoms with van der Waals surface area (Å²) >= 11 is 7.58. The number of halogens is 1. The SMILES string of the molecule is CCN1CC(C(=O)NCCCSc2ccc(Cl)cc2)CC1=O. The van der Waals surface area contributed by atoms with Crippen molar-refractivity contribution in [3.63, 3.8) is 0 Å². The number of thioether (sulfide) groups is 1. The van der Waals surface area contributed by atoms with Crippen LogP contribution < -0.4 is 5.32 Å². The average Bonchev–Trinajstić information content (AvgIpc) is 2.90. The van der Waals surface area contributed by atoms with Gasteiger partial charge in [0.25, 0.3) is 0 Å². The number of carbonyl (C=O) groups excluding carboxylic acids is 2. The smallest absolute Gasteiger partial charge is 0.225 e. The molecule has 1 unspecified atom stereocenters. The van der Waals surface area contributed by atoms with E-state index in [1.54, 1.807) is 16.7 Å². The minimum absolute atomic E-state index is 0.000734. The zero-order chi connectivity index (χ0) is 15.9. The molecule has 120 valence electrons. The van der Waals surface area contributed by atoms with Crippen molar-refractivity contribution in [2.45, 2.75) is 24.7 Å². The van der Waals surface area contributed by atoms with E-state index >= 15 is 0 Å². The summed E-state index contributed by atoms with van der Waals surface area (Å²) in [6.07, 6.45) is 1.25. The van der Waals surface area contributed by atoms with Crippen LogP contribution in [0.4, 0.5) is 0 Å². The van der Waals surface area contributed by atoms with Gasteiger partial charge in [0.15, 0.2) is 0 Å². The molecule has 22 heavy (non-hydrogen) atoms. The van der Waals surface area contributed by atoms with E-state index < -0.39 is 0 Å². The summed E-state index contributed by atoms with van der Waals surface area (Å²) < 4.78 is 0. The van der Waals surface area contributed by atoms with E-state index in [2.05, 4.69) is 5.32 Å². The number of carbonyl (C=O) groups is 2. The van der Waals surface area contributed by atoms with E-state index in [0.717, 1.165) is 17.2 Å². The first-order chi connectivity index (χ1) is 10.6. The summed E-state index contributed by atoms with van der Waals surface area (Å²) in [6, 6.07) is 7.74. The molecule has 1 saturated heterocycles. The first kappa shape index (κ1) is 17.2. The van der Waals surface area contributed by atoms with Crippen LogP contribution >= 0.6 is 23.4 Å². The number of benzene rings is 1. The van der Waals surface area contributed by atoms with Gasteiger partial charge in [-0.2, -0.15) is 0 Å². The third kappa shape index (κ3) is 4.92. The molecule has 0 bridgehead atoms. The van der Waals surface area contributed by atoms with Gasteiger partial charge in [-0.25, -0.2) is 0 Å². The summed E-state index contributed by atoms with van der Waals surface area (Å²) in [7, 11) is 0. The van der Waals surface area contributed by atoms with E-state index in [9.17, 15) is 9.59 Å². The van der Waals surface area contributed by atoms with E-state index in [1.807, 2.05) is 31.2 Å². The lowest BCUT2D eigenvalue weighted by atomic mass is 10.1. The van der Waals surface area contributed by atoms with Gasteiger partial charge in [-0.05, 0) is 43.4 Å². The highest BCUT2D eigenvalue weighted by Crippen LogP contribution is 2.21. The van der Waals surface area contributed by atoms with E-state index in [-0.39, 0.29) is 17.7 Å². The van der Waals surface area contributed by atoms with Gasteiger partial charge in [0, 0.05) is 36.0 Å². The first-order valence-corrected chi connectivity index (χ1v) is 8.90. The molecular formula is C16H21ClN2O2S. The molecule has 0 aromatic heterocycles. The number of amides is 2. The lowest BCUT2D eigenvalue weighted by Gasteiger charge is -2.13. The van der Waals surface area contributed by atoms with Gasteiger partial charge in [0.1, 0.15) is 0 Å². The second kappa shape index (κ2) is 8.44. The van der Waals surface area contributed by atoms with Gasteiger partial charge >= 0.3 is 0 Å². The average molecular weight is 341 g/mol. The summed E-state index contributed by atoms with van der Waals surface area (Å²) in [5, 5.41) is 3.67. The van der Waals surface area contributed by atoms with Crippen LogP contribution in [0.25, 0.3) is 0 Å². The maximum Gasteiger partial charge on any atom is 0.225 e. The Morgan fingerprint density at radius 3 is 2.77 bits per heavy atom. The van der Waals surface area contributed by atoms with Crippen molar-refractivity contribution in [2.75, 3.05) is 25.4 Å². The monoisotopic (exact) mass is 340 g/mol. The highest BCUT2D eigenvalue weighted by Gasteiger charge is 2.32. The topological polar surface area (TPSA) is 49.4 Å². The molecule has 1 aliphatic heterocycles. The van der Waals surface area contributed by atoms with Gasteiger partial charge in [-0.15, -0.1) is 11.8 Å². The minimum atomic E-state index is -0.184. The fraction of sp³-hybridized carbons (Fsp3) is 0.500. The van der Waals surface area contributed by atoms with Gasteiger partial charge in [0.2, 0.25) is 11.8 Å². The van der Waals surface area contributed by atoms with Crippen LogP contribution in [0.15, 0.2) is 29.2 Å². The van der Waals surface area contributed by atoms with Crippen LogP contribution in [0.2, 0.25) is 5.02 Å². The molecule has 0 radical (unpaired) electrons. The molecule has 1 atom stereocenters. The predicted molar refractivity (Wildman–Crippen MR) is 90.2 cm³/mol. The van der Waals surface area contributed by atoms with E-state index in [1.165, 1.54) is 4.90 Å². The molecule has 2 amide bonds. The Balaban J connectivity index is 1.61. The fourth-order valence-corrected chi connectivity index (χ4v) is 3.38. The van der Waals surface area contributed by atoms with Crippen LogP contribution in [0.3, 0.4) is 0 Å². The van der Waals surface area contributed by atoms with Gasteiger partial charge in [-0.1, -0.05) is 11.6 Å². The Bertz CT molecular complexity index is 521. The standard InChI is InChI=1S/C16H21ClN2O2S/c1-2-19-11-12(10-15(19)20)16(21)18-8-3-9-22-14-6-4-13(17)5-7-14/h4-7,12H,2-3,8-11H2,1H3,(H,18,21). The molecule has 0 aliphatic carbocycles. The second-order valence-electron chi connectivity index (χ2n) is 5.28. The van der Waals surface area contributed by atoms with Crippen molar-refractivity contribution in [1.82, 2.24) is 10.2 Å². The number of nitrogens with zero attached hydrogens (tertiary/aromatic N) is 1. The number of rotatable bonds is 7. The number of nitrogens with one attached hydrogen (secondary N) is 1. The zero-order valence-electron chi connectivity index (χ0n) is 12.7. The molecule has 2 rings (SSSR count). The Morgan fingerprint density at radius 1 is 1.41 bits per heavy atom. The molecule has 1 aliphatic rings. The number of likely N-dealkylation sites (tertiary alicyclic amines) is 1. The van der Waals surface area contributed by atoms with E-state index in [0.29, 0.717) is 26.1 Å². The van der Waals surface area contributed by atoms with Crippen LogP contribution in [-0.4, -0.2) is 42.1 Å². The van der Waals surface area contributed by atoms with Gasteiger partial charge < -0.3 is 10.2 Å². The van der Waals surface area contributed by atoms with Crippen molar-refractivity contribution >= 4 is 35.2 Å². The van der Waals surface area contributed by atoms with Crippen LogP contribution in [-0.2, 0) is 9.59 Å². The normalized spacial score (nSPS) is 17.8. The van der Waals surface area contributed by atoms with Crippen LogP contribution in [0, 0.1) is 5.92 Å². The van der Waals surface area contributed by atoms with E-state index in [4.69, 9.17) is 11.6 Å². The molecule has 1 heterocycles. The minimum Gasteiger partial charge on any atom is -0.356 e. The highest BCUT2D eigenvalue weighted by molar-refractivity contribution is 7.99. The number of hydrogen-bond donors (Lipinski definition) is 1. The highest BCUT2D eigenvalue weighted by atomic mass is 35.5. The van der Waals surface area contributed by atoms with Crippen molar-refractivity contribution in [3.8, 4) is 0 Å². The molecule has 0 saturated carbocycles. The molecular weight excluding hydrogens is 320 g/mol. The zero-order valence-corrected chi connectivity index (χ0v) is 14.3. The van der Waals surface area contributed by atoms with Gasteiger partial charge in [0.05, 0.1) is 5.92 Å². The van der Waals surface area contributed by atoms with Crippen molar-refractivity contribution in [1.29, 1.82) is 0 Å². The Hall–Kier alpha value is -1.20. The molecule has 0 spiro atoms. The van der Waals surface area contributed by atoms with Gasteiger partial charge in [-0.3, -0.25) is 9.59 Å². The van der Waals surface area contributed by atoms with Crippen molar-refractivity contribution in [2.24, 2.45) is 5.92 Å². The Morgan fingerprint density at radius 2 is 2.14 bits per heavy atom. The number of hydrogen-bond acceptors (Lipinski definition) is 3. The predicted octanol–water partition coefficient (Wildman–Crippen LogP) is 2.81. The largest absolute Gasteiger partial charge is 0.356 e. The first-order valence-electron chi connectivity index (χ1n) is 7.54. The molecule has 4 nitrogen and oxygen atoms in total. The third-order valence-corrected chi connectivity index (χ3v) is 5.02. The molecule has 1 aromatic rings. The lowest BCUT2D eigenvalue weighted by Crippen LogP contribution is -2.33. The second-order valence-corrected chi connectivity index (χ2v) is 6.89. The fourth-order valence-electron chi connectivity index (χ4n) is 2.40. The summed E-state index contributed by atoms with van der Waals surface area (Å²) in [6.45, 7) is 3.82. The van der Waals surface area contributed by atoms with Crippen LogP contribution in [0.1, 0.15) is 19.8 Å². The molecule has 1 N–H and O–H groups in total. The van der Waals surface area contributed by atoms with Crippen molar-refractivity contribution < 1.29 is 9.59 Å². The third-order valence-electron chi connectivity index (χ3n) is 3.67. The quantitative estimate of drug-likeness (QED) is 0.613. The summed E-state index contributed by atoms with van der Waals surface area (Å²) in [5.74, 6) is 0.838. The maximum atomic E-state index is 12.0. The summed E-state index contributed by atoms with van der Waals surface area (Å²) in [5.41, 5.74) is 0. The Kier molecular flexibility index (Phi) is 6.58. The van der Waals surface area contributed by atoms with Crippen LogP contribution in [0.5, 0.6) is 0 Å².